The number of fused-ring (bicyclic) bond motifs is 2. The van der Waals surface area contributed by atoms with Crippen molar-refractivity contribution in [3.8, 4) is 11.5 Å². The van der Waals surface area contributed by atoms with Gasteiger partial charge in [0.1, 0.15) is 19.8 Å². The fourth-order valence-corrected chi connectivity index (χ4v) is 5.02. The van der Waals surface area contributed by atoms with E-state index in [1.807, 2.05) is 0 Å². The summed E-state index contributed by atoms with van der Waals surface area (Å²) in [5.74, 6) is 0.938. The van der Waals surface area contributed by atoms with Gasteiger partial charge in [0.15, 0.2) is 11.5 Å². The fourth-order valence-electron chi connectivity index (χ4n) is 5.02. The molecule has 1 amide bonds. The van der Waals surface area contributed by atoms with Gasteiger partial charge in [-0.05, 0) is 44.2 Å². The van der Waals surface area contributed by atoms with Gasteiger partial charge in [-0.3, -0.25) is 18.7 Å². The van der Waals surface area contributed by atoms with Gasteiger partial charge in [-0.25, -0.2) is 4.79 Å². The highest BCUT2D eigenvalue weighted by atomic mass is 16.6. The molecule has 31 heavy (non-hydrogen) atoms. The van der Waals surface area contributed by atoms with E-state index in [-0.39, 0.29) is 29.7 Å². The molecule has 8 nitrogen and oxygen atoms in total. The average Bonchev–Trinajstić information content (AvgIpc) is 3.28. The summed E-state index contributed by atoms with van der Waals surface area (Å²) in [6.07, 6.45) is 7.05. The lowest BCUT2D eigenvalue weighted by Crippen LogP contribution is -2.46. The first kappa shape index (κ1) is 19.9. The van der Waals surface area contributed by atoms with Crippen LogP contribution in [-0.4, -0.2) is 28.3 Å². The molecule has 0 unspecified atom stereocenters. The third kappa shape index (κ3) is 3.75. The van der Waals surface area contributed by atoms with E-state index in [0.717, 1.165) is 44.2 Å². The van der Waals surface area contributed by atoms with Crippen LogP contribution in [0.15, 0.2) is 27.8 Å². The van der Waals surface area contributed by atoms with E-state index in [1.165, 1.54) is 9.13 Å². The zero-order valence-corrected chi connectivity index (χ0v) is 17.5. The van der Waals surface area contributed by atoms with E-state index < -0.39 is 0 Å². The number of ether oxygens (including phenoxy) is 2. The van der Waals surface area contributed by atoms with E-state index in [9.17, 15) is 14.4 Å². The number of hydrogen-bond acceptors (Lipinski definition) is 5. The number of nitrogens with zero attached hydrogens (tertiary/aromatic N) is 2. The molecule has 2 aliphatic carbocycles. The van der Waals surface area contributed by atoms with Crippen LogP contribution < -0.4 is 26.0 Å². The average molecular weight is 425 g/mol. The van der Waals surface area contributed by atoms with Crippen LogP contribution >= 0.6 is 0 Å². The second-order valence-electron chi connectivity index (χ2n) is 8.52. The lowest BCUT2D eigenvalue weighted by Gasteiger charge is -2.25. The molecule has 2 aromatic rings. The van der Waals surface area contributed by atoms with Crippen molar-refractivity contribution in [3.05, 3.63) is 50.3 Å². The summed E-state index contributed by atoms with van der Waals surface area (Å²) in [7, 11) is 0. The Bertz CT molecular complexity index is 1130. The molecule has 3 aliphatic rings. The Morgan fingerprint density at radius 2 is 1.77 bits per heavy atom. The molecule has 1 fully saturated rings. The Morgan fingerprint density at radius 3 is 2.58 bits per heavy atom. The Labute approximate surface area is 179 Å². The van der Waals surface area contributed by atoms with Crippen LogP contribution in [0, 0.1) is 0 Å². The topological polar surface area (TPSA) is 91.6 Å². The van der Waals surface area contributed by atoms with Crippen LogP contribution in [0.2, 0.25) is 0 Å². The summed E-state index contributed by atoms with van der Waals surface area (Å²) in [6.45, 7) is 0.862. The number of aromatic nitrogens is 2. The summed E-state index contributed by atoms with van der Waals surface area (Å²) in [5, 5.41) is 2.85. The Morgan fingerprint density at radius 1 is 1.00 bits per heavy atom. The van der Waals surface area contributed by atoms with Gasteiger partial charge in [-0.15, -0.1) is 0 Å². The maximum Gasteiger partial charge on any atom is 0.331 e. The Balaban J connectivity index is 1.43. The van der Waals surface area contributed by atoms with Gasteiger partial charge in [-0.2, -0.15) is 0 Å². The van der Waals surface area contributed by atoms with Crippen LogP contribution in [0.3, 0.4) is 0 Å². The van der Waals surface area contributed by atoms with E-state index in [1.54, 1.807) is 18.2 Å². The molecular formula is C23H27N3O5. The molecule has 1 aromatic carbocycles. The van der Waals surface area contributed by atoms with Crippen LogP contribution in [0.25, 0.3) is 0 Å². The molecule has 2 heterocycles. The highest BCUT2D eigenvalue weighted by Crippen LogP contribution is 2.32. The van der Waals surface area contributed by atoms with Crippen molar-refractivity contribution in [2.75, 3.05) is 18.5 Å². The predicted octanol–water partition coefficient (Wildman–Crippen LogP) is 2.41. The number of hydrogen-bond donors (Lipinski definition) is 1. The molecule has 1 N–H and O–H groups in total. The highest BCUT2D eigenvalue weighted by molar-refractivity contribution is 5.91. The summed E-state index contributed by atoms with van der Waals surface area (Å²) >= 11 is 0. The number of rotatable bonds is 4. The lowest BCUT2D eigenvalue weighted by molar-refractivity contribution is -0.116. The lowest BCUT2D eigenvalue weighted by atomic mass is 9.95. The second kappa shape index (κ2) is 8.24. The molecule has 0 bridgehead atoms. The van der Waals surface area contributed by atoms with Gasteiger partial charge in [0.2, 0.25) is 5.91 Å². The molecule has 0 atom stereocenters. The zero-order chi connectivity index (χ0) is 21.4. The normalized spacial score (nSPS) is 17.9. The van der Waals surface area contributed by atoms with Crippen LogP contribution in [0.5, 0.6) is 11.5 Å². The first-order valence-electron chi connectivity index (χ1n) is 11.2. The highest BCUT2D eigenvalue weighted by Gasteiger charge is 2.28. The van der Waals surface area contributed by atoms with Crippen molar-refractivity contribution in [3.63, 3.8) is 0 Å². The van der Waals surface area contributed by atoms with Crippen LogP contribution in [0.4, 0.5) is 5.69 Å². The SMILES string of the molecule is O=C(Cn1c2c(c(=O)n(C3CCCCC3)c1=O)CCC2)Nc1ccc2c(c1)OCCO2. The van der Waals surface area contributed by atoms with Crippen molar-refractivity contribution in [1.82, 2.24) is 9.13 Å². The summed E-state index contributed by atoms with van der Waals surface area (Å²) in [4.78, 5) is 39.3. The number of anilines is 1. The first-order chi connectivity index (χ1) is 15.1. The van der Waals surface area contributed by atoms with Crippen molar-refractivity contribution in [2.45, 2.75) is 64.0 Å². The smallest absolute Gasteiger partial charge is 0.331 e. The minimum absolute atomic E-state index is 0.0632. The van der Waals surface area contributed by atoms with Gasteiger partial charge < -0.3 is 14.8 Å². The molecule has 164 valence electrons. The van der Waals surface area contributed by atoms with Crippen molar-refractivity contribution in [2.24, 2.45) is 0 Å². The van der Waals surface area contributed by atoms with Crippen molar-refractivity contribution >= 4 is 11.6 Å². The van der Waals surface area contributed by atoms with Crippen LogP contribution in [0.1, 0.15) is 55.8 Å². The van der Waals surface area contributed by atoms with Crippen LogP contribution in [-0.2, 0) is 24.2 Å². The molecular weight excluding hydrogens is 398 g/mol. The minimum Gasteiger partial charge on any atom is -0.486 e. The van der Waals surface area contributed by atoms with E-state index >= 15 is 0 Å². The third-order valence-corrected chi connectivity index (χ3v) is 6.50. The molecule has 0 radical (unpaired) electrons. The predicted molar refractivity (Wildman–Crippen MR) is 115 cm³/mol. The first-order valence-corrected chi connectivity index (χ1v) is 11.2. The van der Waals surface area contributed by atoms with Crippen molar-refractivity contribution < 1.29 is 14.3 Å². The molecule has 1 saturated carbocycles. The van der Waals surface area contributed by atoms with E-state index in [0.29, 0.717) is 48.8 Å². The Hall–Kier alpha value is -3.03. The third-order valence-electron chi connectivity index (χ3n) is 6.50. The number of benzene rings is 1. The van der Waals surface area contributed by atoms with Gasteiger partial charge in [-0.1, -0.05) is 19.3 Å². The number of carbonyl (C=O) groups excluding carboxylic acids is 1. The number of amides is 1. The van der Waals surface area contributed by atoms with Crippen molar-refractivity contribution in [1.29, 1.82) is 0 Å². The number of carbonyl (C=O) groups is 1. The zero-order valence-electron chi connectivity index (χ0n) is 17.5. The maximum atomic E-state index is 13.3. The Kier molecular flexibility index (Phi) is 5.29. The summed E-state index contributed by atoms with van der Waals surface area (Å²) < 4.78 is 14.0. The fraction of sp³-hybridized carbons (Fsp3) is 0.522. The molecule has 0 spiro atoms. The van der Waals surface area contributed by atoms with Gasteiger partial charge >= 0.3 is 5.69 Å². The maximum absolute atomic E-state index is 13.3. The second-order valence-corrected chi connectivity index (χ2v) is 8.52. The molecule has 1 aliphatic heterocycles. The number of nitrogens with one attached hydrogen (secondary N) is 1. The molecule has 1 aromatic heterocycles. The van der Waals surface area contributed by atoms with Gasteiger partial charge in [0.05, 0.1) is 0 Å². The minimum atomic E-state index is -0.352. The van der Waals surface area contributed by atoms with E-state index in [2.05, 4.69) is 5.32 Å². The standard InChI is InChI=1S/C23H27N3O5/c27-21(24-15-9-10-19-20(13-15)31-12-11-30-19)14-25-18-8-4-7-17(18)22(28)26(23(25)29)16-5-2-1-3-6-16/h9-10,13,16H,1-8,11-12,14H2,(H,24,27). The van der Waals surface area contributed by atoms with Gasteiger partial charge in [0.25, 0.3) is 5.56 Å². The van der Waals surface area contributed by atoms with E-state index in [4.69, 9.17) is 9.47 Å². The molecule has 0 saturated heterocycles. The van der Waals surface area contributed by atoms with Gasteiger partial charge in [0, 0.05) is 29.1 Å². The summed E-state index contributed by atoms with van der Waals surface area (Å²) in [6, 6.07) is 5.17. The largest absolute Gasteiger partial charge is 0.486 e. The summed E-state index contributed by atoms with van der Waals surface area (Å²) in [5.41, 5.74) is 1.51. The quantitative estimate of drug-likeness (QED) is 0.812. The monoisotopic (exact) mass is 425 g/mol. The molecule has 5 rings (SSSR count). The molecule has 8 heteroatoms.